The van der Waals surface area contributed by atoms with Crippen molar-refractivity contribution in [2.24, 2.45) is 0 Å². The molecule has 0 radical (unpaired) electrons. The summed E-state index contributed by atoms with van der Waals surface area (Å²) in [6.45, 7) is 0.116. The summed E-state index contributed by atoms with van der Waals surface area (Å²) in [5.41, 5.74) is 5.10. The van der Waals surface area contributed by atoms with Gasteiger partial charge in [-0.15, -0.1) is 0 Å². The molecule has 160 valence electrons. The highest BCUT2D eigenvalue weighted by molar-refractivity contribution is 5.87. The number of pyridine rings is 1. The lowest BCUT2D eigenvalue weighted by atomic mass is 10.1. The van der Waals surface area contributed by atoms with E-state index in [-0.39, 0.29) is 6.61 Å². The molecule has 5 nitrogen and oxygen atoms in total. The third kappa shape index (κ3) is 4.72. The Morgan fingerprint density at radius 3 is 2.39 bits per heavy atom. The number of esters is 1. The van der Waals surface area contributed by atoms with Gasteiger partial charge in [0.2, 0.25) is 0 Å². The Labute approximate surface area is 191 Å². The molecule has 0 unspecified atom stereocenters. The number of ether oxygens (including phenoxy) is 1. The Hall–Kier alpha value is -4.51. The molecule has 0 fully saturated rings. The van der Waals surface area contributed by atoms with E-state index in [1.54, 1.807) is 10.8 Å². The lowest BCUT2D eigenvalue weighted by molar-refractivity contribution is -0.138. The van der Waals surface area contributed by atoms with Crippen molar-refractivity contribution in [2.45, 2.75) is 6.61 Å². The van der Waals surface area contributed by atoms with E-state index in [0.29, 0.717) is 5.69 Å². The lowest BCUT2D eigenvalue weighted by Crippen LogP contribution is -2.01. The first kappa shape index (κ1) is 20.4. The van der Waals surface area contributed by atoms with E-state index < -0.39 is 5.97 Å². The van der Waals surface area contributed by atoms with Crippen molar-refractivity contribution in [1.29, 1.82) is 0 Å². The quantitative estimate of drug-likeness (QED) is 0.250. The van der Waals surface area contributed by atoms with Crippen molar-refractivity contribution in [1.82, 2.24) is 14.8 Å². The maximum Gasteiger partial charge on any atom is 0.331 e. The van der Waals surface area contributed by atoms with E-state index >= 15 is 0 Å². The summed E-state index contributed by atoms with van der Waals surface area (Å²) in [5, 5.41) is 5.81. The predicted octanol–water partition coefficient (Wildman–Crippen LogP) is 5.84. The van der Waals surface area contributed by atoms with Gasteiger partial charge in [0, 0.05) is 28.8 Å². The fourth-order valence-electron chi connectivity index (χ4n) is 3.59. The molecule has 0 aliphatic rings. The van der Waals surface area contributed by atoms with Gasteiger partial charge in [-0.2, -0.15) is 5.10 Å². The third-order valence-electron chi connectivity index (χ3n) is 5.24. The zero-order chi connectivity index (χ0) is 22.5. The van der Waals surface area contributed by atoms with Gasteiger partial charge >= 0.3 is 5.97 Å². The molecule has 0 atom stereocenters. The van der Waals surface area contributed by atoms with E-state index in [1.807, 2.05) is 103 Å². The summed E-state index contributed by atoms with van der Waals surface area (Å²) in [7, 11) is 0. The van der Waals surface area contributed by atoms with Crippen LogP contribution in [0.15, 0.2) is 109 Å². The fraction of sp³-hybridized carbons (Fsp3) is 0.0357. The second kappa shape index (κ2) is 9.32. The van der Waals surface area contributed by atoms with E-state index in [2.05, 4.69) is 4.98 Å². The van der Waals surface area contributed by atoms with Crippen LogP contribution in [0, 0.1) is 0 Å². The van der Waals surface area contributed by atoms with Gasteiger partial charge in [0.15, 0.2) is 0 Å². The van der Waals surface area contributed by atoms with Crippen LogP contribution in [-0.4, -0.2) is 20.7 Å². The molecule has 0 bridgehead atoms. The molecule has 0 saturated carbocycles. The van der Waals surface area contributed by atoms with Gasteiger partial charge < -0.3 is 4.74 Å². The topological polar surface area (TPSA) is 57.0 Å². The first-order chi connectivity index (χ1) is 16.3. The molecule has 33 heavy (non-hydrogen) atoms. The molecule has 2 heterocycles. The zero-order valence-corrected chi connectivity index (χ0v) is 17.8. The molecule has 0 aliphatic carbocycles. The molecule has 5 heteroatoms. The van der Waals surface area contributed by atoms with Crippen LogP contribution in [0.2, 0.25) is 0 Å². The highest BCUT2D eigenvalue weighted by atomic mass is 16.5. The molecule has 5 rings (SSSR count). The van der Waals surface area contributed by atoms with E-state index in [4.69, 9.17) is 9.84 Å². The number of rotatable bonds is 6. The van der Waals surface area contributed by atoms with Crippen molar-refractivity contribution < 1.29 is 9.53 Å². The molecule has 0 saturated heterocycles. The Balaban J connectivity index is 1.34. The Morgan fingerprint density at radius 2 is 1.58 bits per heavy atom. The first-order valence-corrected chi connectivity index (χ1v) is 10.7. The summed E-state index contributed by atoms with van der Waals surface area (Å²) in [6.07, 6.45) is 4.97. The number of nitrogens with zero attached hydrogens (tertiary/aromatic N) is 3. The number of hydrogen-bond acceptors (Lipinski definition) is 4. The van der Waals surface area contributed by atoms with E-state index in [0.717, 1.165) is 33.4 Å². The van der Waals surface area contributed by atoms with Crippen molar-refractivity contribution in [3.8, 4) is 16.9 Å². The highest BCUT2D eigenvalue weighted by Crippen LogP contribution is 2.24. The van der Waals surface area contributed by atoms with Crippen LogP contribution in [0.5, 0.6) is 0 Å². The normalized spacial score (nSPS) is 11.2. The van der Waals surface area contributed by atoms with Gasteiger partial charge in [-0.1, -0.05) is 72.8 Å². The minimum atomic E-state index is -0.434. The summed E-state index contributed by atoms with van der Waals surface area (Å²) in [6, 6.07) is 31.5. The van der Waals surface area contributed by atoms with Crippen molar-refractivity contribution in [3.05, 3.63) is 121 Å². The minimum Gasteiger partial charge on any atom is -0.458 e. The SMILES string of the molecule is O=C(/C=C/c1ccc2ccccc2n1)OCc1cn(-c2ccccc2)nc1-c1ccccc1. The molecule has 3 aromatic carbocycles. The molecule has 0 aliphatic heterocycles. The second-order valence-corrected chi connectivity index (χ2v) is 7.52. The van der Waals surface area contributed by atoms with Crippen LogP contribution in [0.4, 0.5) is 0 Å². The minimum absolute atomic E-state index is 0.116. The van der Waals surface area contributed by atoms with Gasteiger partial charge in [-0.25, -0.2) is 14.5 Å². The number of carbonyl (C=O) groups is 1. The van der Waals surface area contributed by atoms with Crippen LogP contribution in [0.25, 0.3) is 33.9 Å². The standard InChI is InChI=1S/C28H21N3O2/c32-27(18-17-24-16-15-21-9-7-8-14-26(21)29-24)33-20-23-19-31(25-12-5-2-6-13-25)30-28(23)22-10-3-1-4-11-22/h1-19H,20H2/b18-17+. The maximum atomic E-state index is 12.4. The zero-order valence-electron chi connectivity index (χ0n) is 17.8. The largest absolute Gasteiger partial charge is 0.458 e. The summed E-state index contributed by atoms with van der Waals surface area (Å²) >= 11 is 0. The van der Waals surface area contributed by atoms with Crippen LogP contribution >= 0.6 is 0 Å². The Kier molecular flexibility index (Phi) is 5.76. The van der Waals surface area contributed by atoms with Crippen LogP contribution in [0.1, 0.15) is 11.3 Å². The predicted molar refractivity (Wildman–Crippen MR) is 130 cm³/mol. The van der Waals surface area contributed by atoms with Crippen molar-refractivity contribution in [3.63, 3.8) is 0 Å². The molecular weight excluding hydrogens is 410 g/mol. The number of fused-ring (bicyclic) bond motifs is 1. The molecule has 5 aromatic rings. The Morgan fingerprint density at radius 1 is 0.848 bits per heavy atom. The number of para-hydroxylation sites is 2. The van der Waals surface area contributed by atoms with Crippen molar-refractivity contribution >= 4 is 22.9 Å². The van der Waals surface area contributed by atoms with Crippen LogP contribution < -0.4 is 0 Å². The first-order valence-electron chi connectivity index (χ1n) is 10.7. The van der Waals surface area contributed by atoms with Gasteiger partial charge in [0.05, 0.1) is 22.6 Å². The highest BCUT2D eigenvalue weighted by Gasteiger charge is 2.13. The monoisotopic (exact) mass is 431 g/mol. The summed E-state index contributed by atoms with van der Waals surface area (Å²) in [4.78, 5) is 17.0. The second-order valence-electron chi connectivity index (χ2n) is 7.52. The van der Waals surface area contributed by atoms with Gasteiger partial charge in [-0.05, 0) is 30.3 Å². The maximum absolute atomic E-state index is 12.4. The lowest BCUT2D eigenvalue weighted by Gasteiger charge is -2.03. The van der Waals surface area contributed by atoms with E-state index in [9.17, 15) is 4.79 Å². The van der Waals surface area contributed by atoms with Crippen LogP contribution in [0.3, 0.4) is 0 Å². The fourth-order valence-corrected chi connectivity index (χ4v) is 3.59. The molecular formula is C28H21N3O2. The smallest absolute Gasteiger partial charge is 0.331 e. The van der Waals surface area contributed by atoms with Crippen molar-refractivity contribution in [2.75, 3.05) is 0 Å². The average Bonchev–Trinajstić information content (AvgIpc) is 3.31. The number of carbonyl (C=O) groups excluding carboxylic acids is 1. The number of benzene rings is 3. The van der Waals surface area contributed by atoms with Gasteiger partial charge in [0.25, 0.3) is 0 Å². The molecule has 2 aromatic heterocycles. The molecule has 0 amide bonds. The van der Waals surface area contributed by atoms with Crippen LogP contribution in [-0.2, 0) is 16.1 Å². The summed E-state index contributed by atoms with van der Waals surface area (Å²) in [5.74, 6) is -0.434. The average molecular weight is 431 g/mol. The summed E-state index contributed by atoms with van der Waals surface area (Å²) < 4.78 is 7.35. The van der Waals surface area contributed by atoms with Gasteiger partial charge in [-0.3, -0.25) is 0 Å². The van der Waals surface area contributed by atoms with Gasteiger partial charge in [0.1, 0.15) is 6.61 Å². The Bertz CT molecular complexity index is 1420. The number of hydrogen-bond donors (Lipinski definition) is 0. The van der Waals surface area contributed by atoms with E-state index in [1.165, 1.54) is 6.08 Å². The third-order valence-corrected chi connectivity index (χ3v) is 5.24. The molecule has 0 spiro atoms. The molecule has 0 N–H and O–H groups in total. The number of aromatic nitrogens is 3.